The lowest BCUT2D eigenvalue weighted by atomic mass is 9.91. The minimum absolute atomic E-state index is 0. The lowest BCUT2D eigenvalue weighted by Crippen LogP contribution is -2.32. The first-order chi connectivity index (χ1) is 11.1. The van der Waals surface area contributed by atoms with Gasteiger partial charge < -0.3 is 14.6 Å². The molecule has 0 radical (unpaired) electrons. The van der Waals surface area contributed by atoms with E-state index in [0.717, 1.165) is 42.7 Å². The zero-order chi connectivity index (χ0) is 16.4. The number of carbonyl (C=O) groups excluding carboxylic acids is 1. The molecular formula is C18H27Cl2N3O2. The molecule has 140 valence electrons. The smallest absolute Gasteiger partial charge is 0.340 e. The van der Waals surface area contributed by atoms with Crippen LogP contribution in [0.2, 0.25) is 0 Å². The number of esters is 1. The van der Waals surface area contributed by atoms with E-state index < -0.39 is 0 Å². The average molecular weight is 388 g/mol. The Kier molecular flexibility index (Phi) is 8.19. The van der Waals surface area contributed by atoms with Gasteiger partial charge in [0.25, 0.3) is 0 Å². The first-order valence-corrected chi connectivity index (χ1v) is 8.48. The Hall–Kier alpha value is -1.30. The number of nitrogens with one attached hydrogen (secondary N) is 1. The van der Waals surface area contributed by atoms with Crippen molar-refractivity contribution in [2.75, 3.05) is 19.7 Å². The third-order valence-corrected chi connectivity index (χ3v) is 4.96. The van der Waals surface area contributed by atoms with Crippen molar-refractivity contribution < 1.29 is 9.53 Å². The number of piperidine rings is 1. The maximum absolute atomic E-state index is 12.4. The monoisotopic (exact) mass is 387 g/mol. The van der Waals surface area contributed by atoms with Crippen LogP contribution in [0.5, 0.6) is 0 Å². The molecule has 1 N–H and O–H groups in total. The van der Waals surface area contributed by atoms with E-state index >= 15 is 0 Å². The fourth-order valence-corrected chi connectivity index (χ4v) is 3.76. The zero-order valence-corrected chi connectivity index (χ0v) is 16.6. The summed E-state index contributed by atoms with van der Waals surface area (Å²) in [4.78, 5) is 17.0. The van der Waals surface area contributed by atoms with Crippen LogP contribution in [0.1, 0.15) is 48.8 Å². The number of fused-ring (bicyclic) bond motifs is 1. The van der Waals surface area contributed by atoms with Gasteiger partial charge in [-0.25, -0.2) is 9.78 Å². The van der Waals surface area contributed by atoms with E-state index in [4.69, 9.17) is 4.74 Å². The second kappa shape index (κ2) is 9.41. The SMILES string of the molecule is CCOC(=O)c1c(C)n(C(C)C2CCNCC2)c2ncccc12.Cl.Cl. The minimum Gasteiger partial charge on any atom is -0.462 e. The van der Waals surface area contributed by atoms with Crippen LogP contribution in [0.15, 0.2) is 18.3 Å². The van der Waals surface area contributed by atoms with Crippen molar-refractivity contribution >= 4 is 41.8 Å². The van der Waals surface area contributed by atoms with Crippen LogP contribution in [-0.2, 0) is 4.74 Å². The number of hydrogen-bond acceptors (Lipinski definition) is 4. The third-order valence-electron chi connectivity index (χ3n) is 4.96. The summed E-state index contributed by atoms with van der Waals surface area (Å²) in [7, 11) is 0. The van der Waals surface area contributed by atoms with Crippen molar-refractivity contribution in [2.24, 2.45) is 5.92 Å². The van der Waals surface area contributed by atoms with Gasteiger partial charge in [0.05, 0.1) is 12.2 Å². The van der Waals surface area contributed by atoms with Crippen LogP contribution in [0.3, 0.4) is 0 Å². The van der Waals surface area contributed by atoms with Crippen LogP contribution in [0.25, 0.3) is 11.0 Å². The van der Waals surface area contributed by atoms with Gasteiger partial charge in [-0.05, 0) is 64.8 Å². The second-order valence-electron chi connectivity index (χ2n) is 6.25. The summed E-state index contributed by atoms with van der Waals surface area (Å²) in [5, 5.41) is 4.31. The lowest BCUT2D eigenvalue weighted by Gasteiger charge is -2.30. The number of halogens is 2. The summed E-state index contributed by atoms with van der Waals surface area (Å²) < 4.78 is 7.50. The second-order valence-corrected chi connectivity index (χ2v) is 6.25. The third kappa shape index (κ3) is 4.10. The van der Waals surface area contributed by atoms with E-state index in [2.05, 4.69) is 21.8 Å². The molecule has 1 aliphatic heterocycles. The maximum Gasteiger partial charge on any atom is 0.340 e. The highest BCUT2D eigenvalue weighted by Crippen LogP contribution is 2.34. The summed E-state index contributed by atoms with van der Waals surface area (Å²) in [6, 6.07) is 4.16. The van der Waals surface area contributed by atoms with E-state index in [1.165, 1.54) is 0 Å². The molecule has 2 aromatic heterocycles. The fourth-order valence-electron chi connectivity index (χ4n) is 3.76. The van der Waals surface area contributed by atoms with Gasteiger partial charge in [0.2, 0.25) is 0 Å². The van der Waals surface area contributed by atoms with Crippen LogP contribution in [-0.4, -0.2) is 35.2 Å². The Bertz CT molecular complexity index is 712. The fraction of sp³-hybridized carbons (Fsp3) is 0.556. The molecule has 5 nitrogen and oxygen atoms in total. The van der Waals surface area contributed by atoms with Gasteiger partial charge in [-0.2, -0.15) is 0 Å². The van der Waals surface area contributed by atoms with Gasteiger partial charge in [0, 0.05) is 23.3 Å². The summed E-state index contributed by atoms with van der Waals surface area (Å²) in [6.45, 7) is 8.59. The van der Waals surface area contributed by atoms with E-state index in [9.17, 15) is 4.79 Å². The van der Waals surface area contributed by atoms with Crippen molar-refractivity contribution in [2.45, 2.75) is 39.7 Å². The highest BCUT2D eigenvalue weighted by Gasteiger charge is 2.28. The summed E-state index contributed by atoms with van der Waals surface area (Å²) in [5.74, 6) is 0.349. The van der Waals surface area contributed by atoms with Gasteiger partial charge in [-0.3, -0.25) is 0 Å². The Morgan fingerprint density at radius 1 is 1.40 bits per heavy atom. The van der Waals surface area contributed by atoms with Crippen molar-refractivity contribution in [3.8, 4) is 0 Å². The van der Waals surface area contributed by atoms with E-state index in [-0.39, 0.29) is 30.8 Å². The van der Waals surface area contributed by atoms with Crippen LogP contribution < -0.4 is 5.32 Å². The molecule has 0 aliphatic carbocycles. The van der Waals surface area contributed by atoms with E-state index in [0.29, 0.717) is 24.1 Å². The molecule has 1 aliphatic rings. The molecule has 0 amide bonds. The molecule has 2 aromatic rings. The molecule has 1 saturated heterocycles. The molecule has 1 unspecified atom stereocenters. The number of hydrogen-bond donors (Lipinski definition) is 1. The average Bonchev–Trinajstić information content (AvgIpc) is 2.87. The minimum atomic E-state index is -0.251. The molecule has 1 atom stereocenters. The molecule has 0 bridgehead atoms. The van der Waals surface area contributed by atoms with Crippen molar-refractivity contribution in [1.29, 1.82) is 0 Å². The Labute approximate surface area is 161 Å². The quantitative estimate of drug-likeness (QED) is 0.807. The maximum atomic E-state index is 12.4. The van der Waals surface area contributed by atoms with Crippen LogP contribution >= 0.6 is 24.8 Å². The van der Waals surface area contributed by atoms with Crippen LogP contribution in [0.4, 0.5) is 0 Å². The highest BCUT2D eigenvalue weighted by molar-refractivity contribution is 6.05. The normalized spacial score (nSPS) is 16.0. The van der Waals surface area contributed by atoms with Crippen molar-refractivity contribution in [1.82, 2.24) is 14.9 Å². The molecule has 1 fully saturated rings. The first kappa shape index (κ1) is 21.7. The largest absolute Gasteiger partial charge is 0.462 e. The molecular weight excluding hydrogens is 361 g/mol. The van der Waals surface area contributed by atoms with E-state index in [1.54, 1.807) is 6.20 Å². The topological polar surface area (TPSA) is 56.1 Å². The highest BCUT2D eigenvalue weighted by atomic mass is 35.5. The summed E-state index contributed by atoms with van der Waals surface area (Å²) in [6.07, 6.45) is 4.10. The molecule has 25 heavy (non-hydrogen) atoms. The zero-order valence-electron chi connectivity index (χ0n) is 14.9. The number of aromatic nitrogens is 2. The predicted octanol–water partition coefficient (Wildman–Crippen LogP) is 3.93. The van der Waals surface area contributed by atoms with E-state index in [1.807, 2.05) is 26.0 Å². The van der Waals surface area contributed by atoms with Gasteiger partial charge >= 0.3 is 5.97 Å². The summed E-state index contributed by atoms with van der Waals surface area (Å²) >= 11 is 0. The number of rotatable bonds is 4. The predicted molar refractivity (Wildman–Crippen MR) is 105 cm³/mol. The molecule has 7 heteroatoms. The van der Waals surface area contributed by atoms with Gasteiger partial charge in [0.15, 0.2) is 0 Å². The standard InChI is InChI=1S/C18H25N3O2.2ClH/c1-4-23-18(22)16-13(3)21(17-15(16)6-5-9-20-17)12(2)14-7-10-19-11-8-14;;/h5-6,9,12,14,19H,4,7-8,10-11H2,1-3H3;2*1H. The molecule has 0 saturated carbocycles. The molecule has 3 rings (SSSR count). The Balaban J connectivity index is 0.00000156. The van der Waals surface area contributed by atoms with Gasteiger partial charge in [-0.1, -0.05) is 0 Å². The number of carbonyl (C=O) groups is 1. The van der Waals surface area contributed by atoms with Gasteiger partial charge in [0.1, 0.15) is 5.65 Å². The van der Waals surface area contributed by atoms with Gasteiger partial charge in [-0.15, -0.1) is 24.8 Å². The number of pyridine rings is 1. The Morgan fingerprint density at radius 3 is 2.72 bits per heavy atom. The Morgan fingerprint density at radius 2 is 2.08 bits per heavy atom. The number of nitrogens with zero attached hydrogens (tertiary/aromatic N) is 2. The summed E-state index contributed by atoms with van der Waals surface area (Å²) in [5.41, 5.74) is 2.51. The molecule has 3 heterocycles. The lowest BCUT2D eigenvalue weighted by molar-refractivity contribution is 0.0527. The first-order valence-electron chi connectivity index (χ1n) is 8.48. The van der Waals surface area contributed by atoms with Crippen molar-refractivity contribution in [3.63, 3.8) is 0 Å². The molecule has 0 spiro atoms. The number of ether oxygens (including phenoxy) is 1. The molecule has 0 aromatic carbocycles. The van der Waals surface area contributed by atoms with Crippen molar-refractivity contribution in [3.05, 3.63) is 29.6 Å². The van der Waals surface area contributed by atoms with Crippen LogP contribution in [0, 0.1) is 12.8 Å².